The van der Waals surface area contributed by atoms with Crippen molar-refractivity contribution in [3.63, 3.8) is 0 Å². The molecule has 2 unspecified atom stereocenters. The number of fused-ring (bicyclic) bond motifs is 1. The van der Waals surface area contributed by atoms with Gasteiger partial charge in [-0.25, -0.2) is 0 Å². The lowest BCUT2D eigenvalue weighted by atomic mass is 10.0. The van der Waals surface area contributed by atoms with Crippen molar-refractivity contribution in [2.75, 3.05) is 11.9 Å². The van der Waals surface area contributed by atoms with Crippen LogP contribution in [0, 0.1) is 0 Å². The third-order valence-corrected chi connectivity index (χ3v) is 5.05. The van der Waals surface area contributed by atoms with E-state index in [4.69, 9.17) is 4.74 Å². The van der Waals surface area contributed by atoms with Crippen molar-refractivity contribution >= 4 is 23.4 Å². The van der Waals surface area contributed by atoms with Crippen molar-refractivity contribution in [2.24, 2.45) is 0 Å². The fourth-order valence-corrected chi connectivity index (χ4v) is 3.82. The second-order valence-corrected chi connectivity index (χ2v) is 6.41. The molecule has 2 atom stereocenters. The molecule has 2 aromatic carbocycles. The normalized spacial score (nSPS) is 19.9. The molecule has 0 fully saturated rings. The monoisotopic (exact) mass is 313 g/mol. The van der Waals surface area contributed by atoms with E-state index in [9.17, 15) is 4.79 Å². The Morgan fingerprint density at radius 1 is 1.14 bits per heavy atom. The number of hydrogen-bond donors (Lipinski definition) is 1. The van der Waals surface area contributed by atoms with Gasteiger partial charge in [-0.15, -0.1) is 11.8 Å². The Hall–Kier alpha value is -1.94. The summed E-state index contributed by atoms with van der Waals surface area (Å²) in [6.45, 7) is 2.26. The molecule has 0 radical (unpaired) electrons. The van der Waals surface area contributed by atoms with Crippen LogP contribution in [0.4, 0.5) is 5.69 Å². The zero-order valence-corrected chi connectivity index (χ0v) is 13.3. The number of hydrogen-bond acceptors (Lipinski definition) is 4. The number of benzene rings is 2. The van der Waals surface area contributed by atoms with E-state index in [2.05, 4.69) is 23.5 Å². The van der Waals surface area contributed by atoms with Gasteiger partial charge in [0, 0.05) is 10.6 Å². The zero-order valence-electron chi connectivity index (χ0n) is 12.5. The molecule has 0 amide bonds. The maximum Gasteiger partial charge on any atom is 0.321 e. The molecule has 0 aliphatic carbocycles. The number of esters is 1. The molecule has 1 N–H and O–H groups in total. The number of anilines is 1. The molecule has 3 nitrogen and oxygen atoms in total. The van der Waals surface area contributed by atoms with Gasteiger partial charge in [0.05, 0.1) is 12.6 Å². The van der Waals surface area contributed by atoms with Crippen LogP contribution in [0.25, 0.3) is 0 Å². The van der Waals surface area contributed by atoms with Crippen LogP contribution in [0.15, 0.2) is 59.5 Å². The van der Waals surface area contributed by atoms with E-state index in [1.807, 2.05) is 43.3 Å². The van der Waals surface area contributed by atoms with Crippen LogP contribution in [0.1, 0.15) is 12.5 Å². The zero-order chi connectivity index (χ0) is 15.4. The second-order valence-electron chi connectivity index (χ2n) is 5.23. The summed E-state index contributed by atoms with van der Waals surface area (Å²) < 4.78 is 5.26. The minimum Gasteiger partial charge on any atom is -0.465 e. The van der Waals surface area contributed by atoms with Gasteiger partial charge < -0.3 is 10.1 Å². The largest absolute Gasteiger partial charge is 0.465 e. The number of ether oxygens (including phenoxy) is 1. The minimum absolute atomic E-state index is 0.0290. The Bertz CT molecular complexity index is 645. The summed E-state index contributed by atoms with van der Waals surface area (Å²) in [5.74, 6) is -0.143. The van der Waals surface area contributed by atoms with Crippen molar-refractivity contribution < 1.29 is 9.53 Å². The Kier molecular flexibility index (Phi) is 4.68. The first-order valence-corrected chi connectivity index (χ1v) is 8.38. The van der Waals surface area contributed by atoms with Gasteiger partial charge in [-0.3, -0.25) is 4.79 Å². The molecule has 1 heterocycles. The molecular formula is C18H19NO2S. The van der Waals surface area contributed by atoms with E-state index in [0.29, 0.717) is 6.61 Å². The minimum atomic E-state index is -0.227. The van der Waals surface area contributed by atoms with Gasteiger partial charge in [-0.2, -0.15) is 0 Å². The second kappa shape index (κ2) is 6.88. The first-order valence-electron chi connectivity index (χ1n) is 7.50. The average Bonchev–Trinajstić information content (AvgIpc) is 2.55. The summed E-state index contributed by atoms with van der Waals surface area (Å²) in [6, 6.07) is 18.4. The van der Waals surface area contributed by atoms with Crippen LogP contribution in [0.3, 0.4) is 0 Å². The van der Waals surface area contributed by atoms with Gasteiger partial charge in [-0.05, 0) is 31.0 Å². The number of nitrogens with one attached hydrogen (secondary N) is 1. The third kappa shape index (κ3) is 3.28. The van der Waals surface area contributed by atoms with Crippen LogP contribution in [0.5, 0.6) is 0 Å². The number of carbonyl (C=O) groups excluding carboxylic acids is 1. The van der Waals surface area contributed by atoms with Gasteiger partial charge in [0.2, 0.25) is 0 Å². The fraction of sp³-hybridized carbons (Fsp3) is 0.278. The van der Waals surface area contributed by atoms with Gasteiger partial charge >= 0.3 is 5.97 Å². The predicted molar refractivity (Wildman–Crippen MR) is 90.3 cm³/mol. The smallest absolute Gasteiger partial charge is 0.321 e. The van der Waals surface area contributed by atoms with Gasteiger partial charge in [0.15, 0.2) is 0 Å². The highest BCUT2D eigenvalue weighted by molar-refractivity contribution is 8.01. The standard InChI is InChI=1S/C18H19NO2S/c1-2-21-18(20)17-15(12-13-8-4-3-5-9-13)19-14-10-6-7-11-16(14)22-17/h3-11,15,17,19H,2,12H2,1H3. The Labute approximate surface area is 135 Å². The lowest BCUT2D eigenvalue weighted by Crippen LogP contribution is -2.42. The quantitative estimate of drug-likeness (QED) is 0.873. The SMILES string of the molecule is CCOC(=O)C1Sc2ccccc2NC1Cc1ccccc1. The molecule has 4 heteroatoms. The van der Waals surface area contributed by atoms with Gasteiger partial charge in [0.1, 0.15) is 5.25 Å². The highest BCUT2D eigenvalue weighted by Crippen LogP contribution is 2.39. The molecule has 0 bridgehead atoms. The van der Waals surface area contributed by atoms with Crippen molar-refractivity contribution in [2.45, 2.75) is 29.5 Å². The van der Waals surface area contributed by atoms with Gasteiger partial charge in [-0.1, -0.05) is 42.5 Å². The van der Waals surface area contributed by atoms with Gasteiger partial charge in [0.25, 0.3) is 0 Å². The maximum atomic E-state index is 12.3. The van der Waals surface area contributed by atoms with E-state index in [0.717, 1.165) is 17.0 Å². The summed E-state index contributed by atoms with van der Waals surface area (Å²) in [4.78, 5) is 13.4. The average molecular weight is 313 g/mol. The molecule has 1 aliphatic rings. The highest BCUT2D eigenvalue weighted by Gasteiger charge is 2.35. The van der Waals surface area contributed by atoms with Crippen LogP contribution in [-0.2, 0) is 16.0 Å². The van der Waals surface area contributed by atoms with E-state index < -0.39 is 0 Å². The molecule has 3 rings (SSSR count). The van der Waals surface area contributed by atoms with E-state index in [1.165, 1.54) is 5.56 Å². The van der Waals surface area contributed by atoms with E-state index in [-0.39, 0.29) is 17.3 Å². The van der Waals surface area contributed by atoms with Crippen LogP contribution in [0.2, 0.25) is 0 Å². The molecule has 1 aliphatic heterocycles. The summed E-state index contributed by atoms with van der Waals surface area (Å²) in [5.41, 5.74) is 2.31. The van der Waals surface area contributed by atoms with Crippen molar-refractivity contribution in [1.82, 2.24) is 0 Å². The maximum absolute atomic E-state index is 12.3. The summed E-state index contributed by atoms with van der Waals surface area (Å²) >= 11 is 1.60. The molecular weight excluding hydrogens is 294 g/mol. The Morgan fingerprint density at radius 3 is 2.64 bits per heavy atom. The molecule has 0 spiro atoms. The van der Waals surface area contributed by atoms with Crippen LogP contribution in [-0.4, -0.2) is 23.9 Å². The van der Waals surface area contributed by atoms with Crippen molar-refractivity contribution in [1.29, 1.82) is 0 Å². The first-order chi connectivity index (χ1) is 10.8. The number of carbonyl (C=O) groups is 1. The Balaban J connectivity index is 1.85. The molecule has 0 saturated carbocycles. The number of rotatable bonds is 4. The molecule has 114 valence electrons. The topological polar surface area (TPSA) is 38.3 Å². The molecule has 0 aromatic heterocycles. The van der Waals surface area contributed by atoms with E-state index >= 15 is 0 Å². The summed E-state index contributed by atoms with van der Waals surface area (Å²) in [7, 11) is 0. The van der Waals surface area contributed by atoms with Crippen molar-refractivity contribution in [3.8, 4) is 0 Å². The number of thioether (sulfide) groups is 1. The molecule has 0 saturated heterocycles. The lowest BCUT2D eigenvalue weighted by Gasteiger charge is -2.32. The molecule has 22 heavy (non-hydrogen) atoms. The van der Waals surface area contributed by atoms with Crippen LogP contribution < -0.4 is 5.32 Å². The number of para-hydroxylation sites is 1. The first kappa shape index (κ1) is 15.0. The summed E-state index contributed by atoms with van der Waals surface area (Å²) in [5, 5.41) is 3.29. The third-order valence-electron chi connectivity index (χ3n) is 3.66. The summed E-state index contributed by atoms with van der Waals surface area (Å²) in [6.07, 6.45) is 0.797. The van der Waals surface area contributed by atoms with Crippen LogP contribution >= 0.6 is 11.8 Å². The molecule has 2 aromatic rings. The highest BCUT2D eigenvalue weighted by atomic mass is 32.2. The Morgan fingerprint density at radius 2 is 1.86 bits per heavy atom. The van der Waals surface area contributed by atoms with E-state index in [1.54, 1.807) is 11.8 Å². The predicted octanol–water partition coefficient (Wildman–Crippen LogP) is 3.75. The fourth-order valence-electron chi connectivity index (χ4n) is 2.65. The lowest BCUT2D eigenvalue weighted by molar-refractivity contribution is -0.142. The van der Waals surface area contributed by atoms with Crippen molar-refractivity contribution in [3.05, 3.63) is 60.2 Å².